The zero-order valence-electron chi connectivity index (χ0n) is 18.6. The molecular formula is C24H25ClN6O3. The first kappa shape index (κ1) is 22.4. The van der Waals surface area contributed by atoms with E-state index in [1.807, 2.05) is 29.9 Å². The SMILES string of the molecule is Cc1cc(-c2nc(C(N)=O)c(-c3cc4c(cnn4C4CC4)cc3N3CCC(O)C3)o2)ccn1.Cl. The maximum absolute atomic E-state index is 12.4. The van der Waals surface area contributed by atoms with Crippen LogP contribution < -0.4 is 10.6 Å². The van der Waals surface area contributed by atoms with Gasteiger partial charge in [-0.2, -0.15) is 5.10 Å². The standard InChI is InChI=1S/C24H24N6O3.ClH/c1-13-8-14(4-6-26-13)24-28-21(23(25)32)22(33-24)18-10-19-15(11-27-30(19)16-2-3-16)9-20(18)29-7-5-17(31)12-29;/h4,6,8-11,16-17,31H,2-3,5,7,12H2,1H3,(H2,25,32);1H. The molecule has 1 unspecified atom stereocenters. The number of nitrogens with zero attached hydrogens (tertiary/aromatic N) is 5. The Hall–Kier alpha value is -3.43. The smallest absolute Gasteiger partial charge is 0.271 e. The normalized spacial score (nSPS) is 17.8. The van der Waals surface area contributed by atoms with Crippen LogP contribution >= 0.6 is 12.4 Å². The molecule has 0 spiro atoms. The van der Waals surface area contributed by atoms with Crippen molar-refractivity contribution in [3.05, 3.63) is 48.0 Å². The summed E-state index contributed by atoms with van der Waals surface area (Å²) < 4.78 is 8.25. The molecule has 1 aliphatic heterocycles. The fourth-order valence-electron chi connectivity index (χ4n) is 4.57. The third-order valence-corrected chi connectivity index (χ3v) is 6.36. The van der Waals surface area contributed by atoms with E-state index in [0.717, 1.165) is 46.3 Å². The highest BCUT2D eigenvalue weighted by Gasteiger charge is 2.30. The number of benzene rings is 1. The minimum absolute atomic E-state index is 0. The van der Waals surface area contributed by atoms with E-state index in [2.05, 4.69) is 26.0 Å². The number of halogens is 1. The lowest BCUT2D eigenvalue weighted by atomic mass is 10.0. The van der Waals surface area contributed by atoms with Crippen LogP contribution in [0.25, 0.3) is 33.7 Å². The molecule has 1 aromatic carbocycles. The Kier molecular flexibility index (Phi) is 5.53. The van der Waals surface area contributed by atoms with Gasteiger partial charge in [0.1, 0.15) is 0 Å². The van der Waals surface area contributed by atoms with E-state index in [1.165, 1.54) is 0 Å². The van der Waals surface area contributed by atoms with Gasteiger partial charge in [0, 0.05) is 47.2 Å². The first-order valence-electron chi connectivity index (χ1n) is 11.2. The minimum atomic E-state index is -0.658. The summed E-state index contributed by atoms with van der Waals surface area (Å²) >= 11 is 0. The molecule has 2 aliphatic rings. The summed E-state index contributed by atoms with van der Waals surface area (Å²) in [5.74, 6) is -0.0183. The predicted octanol–water partition coefficient (Wildman–Crippen LogP) is 3.49. The molecule has 4 aromatic rings. The first-order valence-corrected chi connectivity index (χ1v) is 11.2. The number of hydrogen-bond acceptors (Lipinski definition) is 7. The largest absolute Gasteiger partial charge is 0.435 e. The third-order valence-electron chi connectivity index (χ3n) is 6.36. The molecule has 0 bridgehead atoms. The molecule has 3 aromatic heterocycles. The van der Waals surface area contributed by atoms with Crippen LogP contribution in [0.4, 0.5) is 5.69 Å². The van der Waals surface area contributed by atoms with Crippen molar-refractivity contribution in [1.82, 2.24) is 19.7 Å². The molecule has 1 amide bonds. The highest BCUT2D eigenvalue weighted by atomic mass is 35.5. The van der Waals surface area contributed by atoms with Crippen LogP contribution in [0.3, 0.4) is 0 Å². The Bertz CT molecular complexity index is 1390. The second-order valence-electron chi connectivity index (χ2n) is 8.88. The van der Waals surface area contributed by atoms with E-state index in [9.17, 15) is 9.90 Å². The van der Waals surface area contributed by atoms with Crippen LogP contribution in [0.2, 0.25) is 0 Å². The maximum Gasteiger partial charge on any atom is 0.271 e. The van der Waals surface area contributed by atoms with E-state index in [0.29, 0.717) is 37.2 Å². The number of oxazole rings is 1. The molecule has 0 radical (unpaired) electrons. The summed E-state index contributed by atoms with van der Waals surface area (Å²) in [4.78, 5) is 23.2. The number of β-amino-alcohol motifs (C(OH)–C–C–N with tert-alkyl or cyclic N) is 1. The zero-order valence-corrected chi connectivity index (χ0v) is 19.5. The van der Waals surface area contributed by atoms with Crippen molar-refractivity contribution in [2.45, 2.75) is 38.3 Å². The second kappa shape index (κ2) is 8.41. The van der Waals surface area contributed by atoms with Crippen LogP contribution in [0, 0.1) is 6.92 Å². The van der Waals surface area contributed by atoms with Crippen LogP contribution in [0.5, 0.6) is 0 Å². The number of aliphatic hydroxyl groups is 1. The number of rotatable bonds is 5. The van der Waals surface area contributed by atoms with Gasteiger partial charge in [0.2, 0.25) is 5.89 Å². The van der Waals surface area contributed by atoms with Crippen LogP contribution in [0.1, 0.15) is 41.5 Å². The summed E-state index contributed by atoms with van der Waals surface area (Å²) in [5, 5.41) is 15.8. The molecule has 1 saturated carbocycles. The van der Waals surface area contributed by atoms with Crippen molar-refractivity contribution in [1.29, 1.82) is 0 Å². The third kappa shape index (κ3) is 3.80. The lowest BCUT2D eigenvalue weighted by Gasteiger charge is -2.21. The Morgan fingerprint density at radius 1 is 1.24 bits per heavy atom. The molecule has 34 heavy (non-hydrogen) atoms. The van der Waals surface area contributed by atoms with Gasteiger partial charge >= 0.3 is 0 Å². The average Bonchev–Trinajstić information content (AvgIpc) is 3.20. The second-order valence-corrected chi connectivity index (χ2v) is 8.88. The average molecular weight is 481 g/mol. The Morgan fingerprint density at radius 3 is 2.74 bits per heavy atom. The van der Waals surface area contributed by atoms with Crippen molar-refractivity contribution < 1.29 is 14.3 Å². The van der Waals surface area contributed by atoms with Gasteiger partial charge in [-0.15, -0.1) is 12.4 Å². The quantitative estimate of drug-likeness (QED) is 0.448. The number of hydrogen-bond donors (Lipinski definition) is 2. The predicted molar refractivity (Wildman–Crippen MR) is 130 cm³/mol. The molecule has 2 fully saturated rings. The van der Waals surface area contributed by atoms with Gasteiger partial charge in [-0.3, -0.25) is 14.5 Å². The Balaban J connectivity index is 0.00000241. The minimum Gasteiger partial charge on any atom is -0.435 e. The highest BCUT2D eigenvalue weighted by Crippen LogP contribution is 2.42. The molecule has 10 heteroatoms. The fourth-order valence-corrected chi connectivity index (χ4v) is 4.57. The molecule has 3 N–H and O–H groups in total. The zero-order chi connectivity index (χ0) is 22.7. The summed E-state index contributed by atoms with van der Waals surface area (Å²) in [7, 11) is 0. The van der Waals surface area contributed by atoms with Crippen molar-refractivity contribution in [2.24, 2.45) is 5.73 Å². The number of amides is 1. The molecule has 1 saturated heterocycles. The number of carbonyl (C=O) groups is 1. The number of fused-ring (bicyclic) bond motifs is 1. The summed E-state index contributed by atoms with van der Waals surface area (Å²) in [6, 6.07) is 8.10. The molecule has 1 aliphatic carbocycles. The Morgan fingerprint density at radius 2 is 2.06 bits per heavy atom. The van der Waals surface area contributed by atoms with Gasteiger partial charge in [-0.1, -0.05) is 0 Å². The number of carbonyl (C=O) groups excluding carboxylic acids is 1. The number of pyridine rings is 1. The Labute approximate surface area is 202 Å². The van der Waals surface area contributed by atoms with E-state index >= 15 is 0 Å². The van der Waals surface area contributed by atoms with Gasteiger partial charge in [0.25, 0.3) is 5.91 Å². The van der Waals surface area contributed by atoms with Crippen molar-refractivity contribution in [3.63, 3.8) is 0 Å². The molecule has 4 heterocycles. The van der Waals surface area contributed by atoms with Gasteiger partial charge < -0.3 is 20.2 Å². The number of nitrogens with two attached hydrogens (primary N) is 1. The van der Waals surface area contributed by atoms with Gasteiger partial charge in [-0.25, -0.2) is 4.98 Å². The number of aromatic nitrogens is 4. The number of aryl methyl sites for hydroxylation is 1. The molecular weight excluding hydrogens is 456 g/mol. The van der Waals surface area contributed by atoms with Crippen molar-refractivity contribution >= 4 is 34.9 Å². The van der Waals surface area contributed by atoms with Gasteiger partial charge in [0.05, 0.1) is 23.9 Å². The topological polar surface area (TPSA) is 123 Å². The first-order chi connectivity index (χ1) is 16.0. The van der Waals surface area contributed by atoms with Gasteiger partial charge in [-0.05, 0) is 50.5 Å². The van der Waals surface area contributed by atoms with E-state index in [4.69, 9.17) is 10.2 Å². The van der Waals surface area contributed by atoms with Crippen LogP contribution in [-0.2, 0) is 0 Å². The van der Waals surface area contributed by atoms with E-state index in [-0.39, 0.29) is 18.1 Å². The molecule has 6 rings (SSSR count). The van der Waals surface area contributed by atoms with E-state index < -0.39 is 12.0 Å². The highest BCUT2D eigenvalue weighted by molar-refractivity contribution is 6.01. The van der Waals surface area contributed by atoms with Crippen molar-refractivity contribution in [3.8, 4) is 22.8 Å². The lowest BCUT2D eigenvalue weighted by molar-refractivity contribution is 0.0996. The summed E-state index contributed by atoms with van der Waals surface area (Å²) in [6.45, 7) is 3.09. The van der Waals surface area contributed by atoms with Crippen LogP contribution in [-0.4, -0.2) is 50.0 Å². The number of anilines is 1. The molecule has 1 atom stereocenters. The molecule has 176 valence electrons. The van der Waals surface area contributed by atoms with Gasteiger partial charge in [0.15, 0.2) is 11.5 Å². The maximum atomic E-state index is 12.4. The monoisotopic (exact) mass is 480 g/mol. The number of primary amides is 1. The summed E-state index contributed by atoms with van der Waals surface area (Å²) in [5.41, 5.74) is 9.91. The lowest BCUT2D eigenvalue weighted by Crippen LogP contribution is -2.22. The van der Waals surface area contributed by atoms with Crippen LogP contribution in [0.15, 0.2) is 41.1 Å². The van der Waals surface area contributed by atoms with E-state index in [1.54, 1.807) is 12.3 Å². The number of aliphatic hydroxyl groups excluding tert-OH is 1. The summed E-state index contributed by atoms with van der Waals surface area (Å²) in [6.07, 6.45) is 6.03. The fraction of sp³-hybridized carbons (Fsp3) is 0.333. The molecule has 9 nitrogen and oxygen atoms in total. The van der Waals surface area contributed by atoms with Crippen molar-refractivity contribution in [2.75, 3.05) is 18.0 Å².